The lowest BCUT2D eigenvalue weighted by Crippen LogP contribution is -2.35. The molecule has 2 aromatic heterocycles. The van der Waals surface area contributed by atoms with Gasteiger partial charge in [0.2, 0.25) is 11.8 Å². The first-order chi connectivity index (χ1) is 18.0. The van der Waals surface area contributed by atoms with Crippen LogP contribution in [0.3, 0.4) is 0 Å². The fraction of sp³-hybridized carbons (Fsp3) is 0.393. The number of anilines is 2. The summed E-state index contributed by atoms with van der Waals surface area (Å²) in [7, 11) is 1.68. The molecule has 0 bridgehead atoms. The second-order valence-corrected chi connectivity index (χ2v) is 9.71. The molecule has 0 spiro atoms. The number of rotatable bonds is 9. The van der Waals surface area contributed by atoms with Gasteiger partial charge in [0, 0.05) is 62.9 Å². The van der Waals surface area contributed by atoms with Crippen molar-refractivity contribution in [3.05, 3.63) is 48.9 Å². The van der Waals surface area contributed by atoms with Gasteiger partial charge in [0.05, 0.1) is 23.6 Å². The average Bonchev–Trinajstić information content (AvgIpc) is 3.55. The van der Waals surface area contributed by atoms with Crippen LogP contribution in [-0.4, -0.2) is 46.8 Å². The minimum Gasteiger partial charge on any atom is -0.385 e. The van der Waals surface area contributed by atoms with Crippen LogP contribution in [0.1, 0.15) is 32.6 Å². The molecule has 5 rings (SSSR count). The van der Waals surface area contributed by atoms with Crippen LogP contribution in [0.5, 0.6) is 0 Å². The van der Waals surface area contributed by atoms with E-state index in [1.165, 1.54) is 6.92 Å². The second kappa shape index (κ2) is 10.1. The molecule has 1 saturated carbocycles. The average molecular weight is 499 g/mol. The number of ether oxygens (including phenoxy) is 1. The fourth-order valence-electron chi connectivity index (χ4n) is 5.22. The first kappa shape index (κ1) is 24.7. The smallest absolute Gasteiger partial charge is 0.247 e. The minimum atomic E-state index is -0.917. The van der Waals surface area contributed by atoms with Gasteiger partial charge in [0.1, 0.15) is 5.41 Å². The molecule has 0 radical (unpaired) electrons. The summed E-state index contributed by atoms with van der Waals surface area (Å²) in [6.45, 7) is 3.34. The molecule has 2 fully saturated rings. The van der Waals surface area contributed by atoms with E-state index in [2.05, 4.69) is 21.5 Å². The van der Waals surface area contributed by atoms with Gasteiger partial charge in [-0.05, 0) is 55.4 Å². The Morgan fingerprint density at radius 3 is 2.89 bits per heavy atom. The van der Waals surface area contributed by atoms with Crippen molar-refractivity contribution in [2.45, 2.75) is 39.2 Å². The van der Waals surface area contributed by atoms with Gasteiger partial charge >= 0.3 is 0 Å². The predicted octanol–water partition coefficient (Wildman–Crippen LogP) is 4.26. The van der Waals surface area contributed by atoms with Gasteiger partial charge < -0.3 is 15.0 Å². The van der Waals surface area contributed by atoms with Gasteiger partial charge in [0.15, 0.2) is 0 Å². The van der Waals surface area contributed by atoms with Crippen molar-refractivity contribution in [3.63, 3.8) is 0 Å². The molecule has 9 heteroatoms. The molecule has 9 nitrogen and oxygen atoms in total. The Hall–Kier alpha value is -4.03. The Kier molecular flexibility index (Phi) is 6.76. The Labute approximate surface area is 216 Å². The first-order valence-electron chi connectivity index (χ1n) is 12.6. The van der Waals surface area contributed by atoms with E-state index in [1.807, 2.05) is 35.1 Å². The quantitative estimate of drug-likeness (QED) is 0.441. The molecule has 2 aliphatic rings. The molecular formula is C28H30N6O3. The molecule has 3 heterocycles. The van der Waals surface area contributed by atoms with E-state index in [0.29, 0.717) is 36.6 Å². The number of nitrogens with one attached hydrogen (secondary N) is 1. The highest BCUT2D eigenvalue weighted by atomic mass is 16.5. The maximum absolute atomic E-state index is 13.4. The molecule has 1 saturated heterocycles. The summed E-state index contributed by atoms with van der Waals surface area (Å²) in [5.74, 6) is -0.158. The van der Waals surface area contributed by atoms with Crippen LogP contribution in [0.2, 0.25) is 0 Å². The van der Waals surface area contributed by atoms with Crippen molar-refractivity contribution in [2.75, 3.05) is 30.5 Å². The zero-order valence-electron chi connectivity index (χ0n) is 21.1. The van der Waals surface area contributed by atoms with Gasteiger partial charge in [-0.25, -0.2) is 0 Å². The van der Waals surface area contributed by atoms with E-state index in [1.54, 1.807) is 30.5 Å². The number of nitrogens with zero attached hydrogens (tertiary/aromatic N) is 5. The second-order valence-electron chi connectivity index (χ2n) is 9.71. The Bertz CT molecular complexity index is 1370. The summed E-state index contributed by atoms with van der Waals surface area (Å²) in [6, 6.07) is 11.7. The molecule has 2 amide bonds. The number of aromatic nitrogens is 3. The maximum Gasteiger partial charge on any atom is 0.247 e. The van der Waals surface area contributed by atoms with E-state index in [4.69, 9.17) is 4.74 Å². The summed E-state index contributed by atoms with van der Waals surface area (Å²) in [5, 5.41) is 17.3. The third-order valence-electron chi connectivity index (χ3n) is 7.20. The number of methoxy groups -OCH3 is 1. The number of amides is 2. The third kappa shape index (κ3) is 4.72. The van der Waals surface area contributed by atoms with E-state index >= 15 is 0 Å². The molecule has 37 heavy (non-hydrogen) atoms. The highest BCUT2D eigenvalue weighted by Gasteiger charge is 2.56. The summed E-state index contributed by atoms with van der Waals surface area (Å²) in [6.07, 6.45) is 8.69. The van der Waals surface area contributed by atoms with E-state index in [-0.39, 0.29) is 17.7 Å². The van der Waals surface area contributed by atoms with Crippen molar-refractivity contribution in [1.82, 2.24) is 14.8 Å². The molecule has 190 valence electrons. The number of carbonyl (C=O) groups excluding carboxylic acids is 2. The first-order valence-corrected chi connectivity index (χ1v) is 12.6. The van der Waals surface area contributed by atoms with Crippen molar-refractivity contribution in [1.29, 1.82) is 5.26 Å². The van der Waals surface area contributed by atoms with Crippen LogP contribution < -0.4 is 10.2 Å². The Morgan fingerprint density at radius 2 is 2.16 bits per heavy atom. The van der Waals surface area contributed by atoms with Crippen molar-refractivity contribution >= 4 is 23.2 Å². The molecule has 1 aliphatic carbocycles. The summed E-state index contributed by atoms with van der Waals surface area (Å²) < 4.78 is 7.02. The highest BCUT2D eigenvalue weighted by molar-refractivity contribution is 6.03. The van der Waals surface area contributed by atoms with Gasteiger partial charge in [-0.3, -0.25) is 19.3 Å². The normalized spacial score (nSPS) is 19.2. The molecule has 0 unspecified atom stereocenters. The van der Waals surface area contributed by atoms with Crippen LogP contribution in [0, 0.1) is 22.7 Å². The Morgan fingerprint density at radius 1 is 1.32 bits per heavy atom. The number of carbonyl (C=O) groups is 2. The largest absolute Gasteiger partial charge is 0.385 e. The van der Waals surface area contributed by atoms with Crippen LogP contribution in [0.15, 0.2) is 48.9 Å². The number of hydrogen-bond donors (Lipinski definition) is 1. The predicted molar refractivity (Wildman–Crippen MR) is 139 cm³/mol. The van der Waals surface area contributed by atoms with Gasteiger partial charge in [0.25, 0.3) is 0 Å². The highest BCUT2D eigenvalue weighted by Crippen LogP contribution is 2.52. The van der Waals surface area contributed by atoms with Gasteiger partial charge in [-0.15, -0.1) is 0 Å². The standard InChI is InChI=1S/C28H30N6O3/c1-19(35)32-24-6-3-5-23(20-16-31-33(17-20)12-4-14-37-2)26(24)25-15-22(9-11-30-25)34-13-10-28(18-29,27(34)36)21-7-8-21/h3,5-6,9,11,15-17,21H,4,7-8,10,12-14H2,1-2H3,(H,32,35)/t28-/m1/s1. The molecule has 1 aromatic carbocycles. The fourth-order valence-corrected chi connectivity index (χ4v) is 5.22. The minimum absolute atomic E-state index is 0.123. The van der Waals surface area contributed by atoms with E-state index in [0.717, 1.165) is 42.5 Å². The monoisotopic (exact) mass is 498 g/mol. The van der Waals surface area contributed by atoms with E-state index < -0.39 is 5.41 Å². The number of benzene rings is 1. The molecule has 3 aromatic rings. The molecule has 1 atom stereocenters. The molecule has 1 aliphatic heterocycles. The zero-order valence-corrected chi connectivity index (χ0v) is 21.1. The number of hydrogen-bond acceptors (Lipinski definition) is 6. The number of pyridine rings is 1. The summed E-state index contributed by atoms with van der Waals surface area (Å²) in [4.78, 5) is 31.8. The van der Waals surface area contributed by atoms with Crippen LogP contribution in [-0.2, 0) is 20.9 Å². The van der Waals surface area contributed by atoms with Crippen LogP contribution in [0.25, 0.3) is 22.4 Å². The maximum atomic E-state index is 13.4. The zero-order chi connectivity index (χ0) is 26.0. The van der Waals surface area contributed by atoms with Crippen molar-refractivity contribution in [3.8, 4) is 28.5 Å². The SMILES string of the molecule is COCCCn1cc(-c2cccc(NC(C)=O)c2-c2cc(N3CC[C@@](C#N)(C4CC4)C3=O)ccn2)cn1. The molecular weight excluding hydrogens is 468 g/mol. The van der Waals surface area contributed by atoms with Crippen LogP contribution >= 0.6 is 0 Å². The summed E-state index contributed by atoms with van der Waals surface area (Å²) in [5.41, 5.74) is 3.53. The van der Waals surface area contributed by atoms with Crippen molar-refractivity contribution < 1.29 is 14.3 Å². The lowest BCUT2D eigenvalue weighted by atomic mass is 9.83. The lowest BCUT2D eigenvalue weighted by Gasteiger charge is -2.22. The van der Waals surface area contributed by atoms with Crippen LogP contribution in [0.4, 0.5) is 11.4 Å². The lowest BCUT2D eigenvalue weighted by molar-refractivity contribution is -0.123. The van der Waals surface area contributed by atoms with Gasteiger partial charge in [-0.2, -0.15) is 10.4 Å². The summed E-state index contributed by atoms with van der Waals surface area (Å²) >= 11 is 0. The Balaban J connectivity index is 1.53. The van der Waals surface area contributed by atoms with E-state index in [9.17, 15) is 14.9 Å². The number of nitriles is 1. The van der Waals surface area contributed by atoms with Gasteiger partial charge in [-0.1, -0.05) is 12.1 Å². The molecule has 1 N–H and O–H groups in total. The third-order valence-corrected chi connectivity index (χ3v) is 7.20. The topological polar surface area (TPSA) is 113 Å². The number of aryl methyl sites for hydroxylation is 1. The van der Waals surface area contributed by atoms with Crippen molar-refractivity contribution in [2.24, 2.45) is 11.3 Å².